The van der Waals surface area contributed by atoms with Gasteiger partial charge in [0.2, 0.25) is 5.91 Å². The monoisotopic (exact) mass is 310 g/mol. The minimum absolute atomic E-state index is 0.0497. The molecule has 0 aromatic carbocycles. The first kappa shape index (κ1) is 17.4. The van der Waals surface area contributed by atoms with Crippen molar-refractivity contribution in [3.63, 3.8) is 0 Å². The second kappa shape index (κ2) is 7.97. The molecule has 0 saturated carbocycles. The zero-order valence-corrected chi connectivity index (χ0v) is 13.9. The Hall–Kier alpha value is -1.63. The number of carbonyl (C=O) groups is 2. The van der Waals surface area contributed by atoms with Crippen LogP contribution in [0, 0.1) is 6.92 Å². The smallest absolute Gasteiger partial charge is 0.256 e. The Balaban J connectivity index is 2.96. The summed E-state index contributed by atoms with van der Waals surface area (Å²) in [5.41, 5.74) is 1.07. The molecular weight excluding hydrogens is 288 g/mol. The number of hydrogen-bond acceptors (Lipinski definition) is 5. The van der Waals surface area contributed by atoms with Gasteiger partial charge in [-0.1, -0.05) is 13.8 Å². The molecule has 1 aromatic rings. The molecule has 2 amide bonds. The van der Waals surface area contributed by atoms with Gasteiger partial charge in [0.25, 0.3) is 5.91 Å². The maximum absolute atomic E-state index is 12.3. The first-order valence-corrected chi connectivity index (χ1v) is 8.10. The fourth-order valence-corrected chi connectivity index (χ4v) is 2.37. The quantitative estimate of drug-likeness (QED) is 0.614. The van der Waals surface area contributed by atoms with Gasteiger partial charge in [-0.3, -0.25) is 9.59 Å². The highest BCUT2D eigenvalue weighted by Crippen LogP contribution is 2.22. The number of aromatic nitrogens is 2. The molecule has 0 saturated heterocycles. The molecule has 1 aromatic heterocycles. The van der Waals surface area contributed by atoms with Gasteiger partial charge in [-0.05, 0) is 20.1 Å². The molecule has 116 valence electrons. The van der Waals surface area contributed by atoms with Crippen molar-refractivity contribution >= 4 is 23.6 Å². The summed E-state index contributed by atoms with van der Waals surface area (Å²) in [6, 6.07) is 0. The number of thioether (sulfide) groups is 1. The topological polar surface area (TPSA) is 84.0 Å². The van der Waals surface area contributed by atoms with Gasteiger partial charge in [0.05, 0.1) is 17.8 Å². The van der Waals surface area contributed by atoms with E-state index in [4.69, 9.17) is 0 Å². The first-order valence-electron chi connectivity index (χ1n) is 6.88. The Kier molecular flexibility index (Phi) is 6.61. The molecule has 0 spiro atoms. The predicted octanol–water partition coefficient (Wildman–Crippen LogP) is 1.50. The SMILES string of the molecule is CCNC(=O)CNC(=O)c1c(C)nc(C(C)C)nc1SC. The third kappa shape index (κ3) is 4.70. The van der Waals surface area contributed by atoms with E-state index >= 15 is 0 Å². The molecule has 0 bridgehead atoms. The minimum atomic E-state index is -0.321. The average Bonchev–Trinajstić information content (AvgIpc) is 2.43. The fraction of sp³-hybridized carbons (Fsp3) is 0.571. The summed E-state index contributed by atoms with van der Waals surface area (Å²) in [5, 5.41) is 5.87. The number of likely N-dealkylation sites (N-methyl/N-ethyl adjacent to an activating group) is 1. The third-order valence-electron chi connectivity index (χ3n) is 2.79. The number of nitrogens with zero attached hydrogens (tertiary/aromatic N) is 2. The van der Waals surface area contributed by atoms with Crippen LogP contribution in [0.2, 0.25) is 0 Å². The highest BCUT2D eigenvalue weighted by atomic mass is 32.2. The van der Waals surface area contributed by atoms with Crippen molar-refractivity contribution in [3.8, 4) is 0 Å². The van der Waals surface area contributed by atoms with E-state index in [-0.39, 0.29) is 24.3 Å². The lowest BCUT2D eigenvalue weighted by Crippen LogP contribution is -2.37. The van der Waals surface area contributed by atoms with Gasteiger partial charge in [0.15, 0.2) is 0 Å². The van der Waals surface area contributed by atoms with Crippen molar-refractivity contribution in [2.75, 3.05) is 19.3 Å². The van der Waals surface area contributed by atoms with Gasteiger partial charge in [-0.15, -0.1) is 11.8 Å². The normalized spacial score (nSPS) is 10.6. The molecule has 1 heterocycles. The Morgan fingerprint density at radius 3 is 2.43 bits per heavy atom. The van der Waals surface area contributed by atoms with Crippen molar-refractivity contribution in [3.05, 3.63) is 17.1 Å². The first-order chi connectivity index (χ1) is 9.90. The summed E-state index contributed by atoms with van der Waals surface area (Å²) >= 11 is 1.40. The highest BCUT2D eigenvalue weighted by molar-refractivity contribution is 7.98. The predicted molar refractivity (Wildman–Crippen MR) is 83.7 cm³/mol. The molecule has 0 radical (unpaired) electrons. The lowest BCUT2D eigenvalue weighted by atomic mass is 10.1. The minimum Gasteiger partial charge on any atom is -0.355 e. The van der Waals surface area contributed by atoms with Crippen molar-refractivity contribution in [2.24, 2.45) is 0 Å². The largest absolute Gasteiger partial charge is 0.355 e. The van der Waals surface area contributed by atoms with Gasteiger partial charge in [0, 0.05) is 12.5 Å². The van der Waals surface area contributed by atoms with Crippen LogP contribution in [0.25, 0.3) is 0 Å². The van der Waals surface area contributed by atoms with Crippen LogP contribution in [0.1, 0.15) is 48.6 Å². The lowest BCUT2D eigenvalue weighted by Gasteiger charge is -2.13. The Labute approximate surface area is 129 Å². The fourth-order valence-electron chi connectivity index (χ4n) is 1.74. The van der Waals surface area contributed by atoms with E-state index < -0.39 is 0 Å². The third-order valence-corrected chi connectivity index (χ3v) is 3.48. The van der Waals surface area contributed by atoms with E-state index in [9.17, 15) is 9.59 Å². The van der Waals surface area contributed by atoms with E-state index in [0.29, 0.717) is 22.8 Å². The molecule has 0 atom stereocenters. The van der Waals surface area contributed by atoms with E-state index in [0.717, 1.165) is 5.82 Å². The van der Waals surface area contributed by atoms with Gasteiger partial charge in [-0.25, -0.2) is 9.97 Å². The molecule has 0 aliphatic heterocycles. The van der Waals surface area contributed by atoms with Crippen molar-refractivity contribution < 1.29 is 9.59 Å². The van der Waals surface area contributed by atoms with E-state index in [1.807, 2.05) is 27.0 Å². The Morgan fingerprint density at radius 2 is 1.90 bits per heavy atom. The summed E-state index contributed by atoms with van der Waals surface area (Å²) in [4.78, 5) is 32.5. The molecule has 0 aliphatic rings. The van der Waals surface area contributed by atoms with Crippen molar-refractivity contribution in [1.82, 2.24) is 20.6 Å². The van der Waals surface area contributed by atoms with Crippen molar-refractivity contribution in [2.45, 2.75) is 38.6 Å². The van der Waals surface area contributed by atoms with E-state index in [2.05, 4.69) is 20.6 Å². The van der Waals surface area contributed by atoms with Gasteiger partial charge < -0.3 is 10.6 Å². The van der Waals surface area contributed by atoms with Crippen LogP contribution in [0.4, 0.5) is 0 Å². The molecule has 1 rings (SSSR count). The zero-order valence-electron chi connectivity index (χ0n) is 13.1. The summed E-state index contributed by atoms with van der Waals surface area (Å²) in [6.07, 6.45) is 1.87. The number of carbonyl (C=O) groups excluding carboxylic acids is 2. The summed E-state index contributed by atoms with van der Waals surface area (Å²) in [6.45, 7) is 8.12. The molecule has 0 unspecified atom stereocenters. The zero-order chi connectivity index (χ0) is 16.0. The van der Waals surface area contributed by atoms with Crippen LogP contribution >= 0.6 is 11.8 Å². The number of aryl methyl sites for hydroxylation is 1. The molecular formula is C14H22N4O2S. The van der Waals surface area contributed by atoms with Gasteiger partial charge >= 0.3 is 0 Å². The number of nitrogens with one attached hydrogen (secondary N) is 2. The van der Waals surface area contributed by atoms with Gasteiger partial charge in [-0.2, -0.15) is 0 Å². The van der Waals surface area contributed by atoms with Crippen LogP contribution in [0.3, 0.4) is 0 Å². The molecule has 0 aliphatic carbocycles. The maximum atomic E-state index is 12.3. The van der Waals surface area contributed by atoms with E-state index in [1.54, 1.807) is 6.92 Å². The van der Waals surface area contributed by atoms with Crippen LogP contribution < -0.4 is 10.6 Å². The number of rotatable bonds is 6. The van der Waals surface area contributed by atoms with Crippen LogP contribution in [0.15, 0.2) is 5.03 Å². The molecule has 2 N–H and O–H groups in total. The Morgan fingerprint density at radius 1 is 1.24 bits per heavy atom. The maximum Gasteiger partial charge on any atom is 0.256 e. The lowest BCUT2D eigenvalue weighted by molar-refractivity contribution is -0.120. The average molecular weight is 310 g/mol. The summed E-state index contributed by atoms with van der Waals surface area (Å²) < 4.78 is 0. The molecule has 6 nitrogen and oxygen atoms in total. The Bertz CT molecular complexity index is 532. The standard InChI is InChI=1S/C14H22N4O2S/c1-6-15-10(19)7-16-13(20)11-9(4)17-12(8(2)3)18-14(11)21-5/h8H,6-7H2,1-5H3,(H,15,19)(H,16,20). The van der Waals surface area contributed by atoms with Gasteiger partial charge in [0.1, 0.15) is 10.9 Å². The molecule has 7 heteroatoms. The van der Waals surface area contributed by atoms with E-state index in [1.165, 1.54) is 11.8 Å². The van der Waals surface area contributed by atoms with Crippen LogP contribution in [-0.4, -0.2) is 41.1 Å². The summed E-state index contributed by atoms with van der Waals surface area (Å²) in [7, 11) is 0. The molecule has 0 fully saturated rings. The second-order valence-electron chi connectivity index (χ2n) is 4.84. The number of amides is 2. The second-order valence-corrected chi connectivity index (χ2v) is 5.64. The molecule has 21 heavy (non-hydrogen) atoms. The summed E-state index contributed by atoms with van der Waals surface area (Å²) in [5.74, 6) is 0.381. The van der Waals surface area contributed by atoms with Crippen molar-refractivity contribution in [1.29, 1.82) is 0 Å². The highest BCUT2D eigenvalue weighted by Gasteiger charge is 2.19. The van der Waals surface area contributed by atoms with Crippen LogP contribution in [-0.2, 0) is 4.79 Å². The number of hydrogen-bond donors (Lipinski definition) is 2. The van der Waals surface area contributed by atoms with Crippen LogP contribution in [0.5, 0.6) is 0 Å².